The van der Waals surface area contributed by atoms with Crippen LogP contribution in [0.5, 0.6) is 0 Å². The monoisotopic (exact) mass is 407 g/mol. The molecule has 5 nitrogen and oxygen atoms in total. The third-order valence-corrected chi connectivity index (χ3v) is 5.74. The smallest absolute Gasteiger partial charge is 0.228 e. The van der Waals surface area contributed by atoms with Crippen LogP contribution in [0.25, 0.3) is 12.2 Å². The first-order chi connectivity index (χ1) is 14.4. The molecule has 1 aromatic heterocycles. The van der Waals surface area contributed by atoms with Crippen LogP contribution in [0.4, 0.5) is 5.82 Å². The Morgan fingerprint density at radius 1 is 1.40 bits per heavy atom. The predicted molar refractivity (Wildman–Crippen MR) is 123 cm³/mol. The number of hydrogen-bond acceptors (Lipinski definition) is 4. The maximum Gasteiger partial charge on any atom is 0.228 e. The maximum atomic E-state index is 12.0. The van der Waals surface area contributed by atoms with Crippen molar-refractivity contribution in [3.8, 4) is 0 Å². The minimum atomic E-state index is -0.295. The highest BCUT2D eigenvalue weighted by Crippen LogP contribution is 2.31. The zero-order chi connectivity index (χ0) is 21.7. The molecule has 0 spiro atoms. The van der Waals surface area contributed by atoms with Crippen LogP contribution in [0.15, 0.2) is 40.8 Å². The van der Waals surface area contributed by atoms with Crippen LogP contribution < -0.4 is 10.6 Å². The highest BCUT2D eigenvalue weighted by Gasteiger charge is 2.29. The van der Waals surface area contributed by atoms with Gasteiger partial charge in [0.05, 0.1) is 12.1 Å². The van der Waals surface area contributed by atoms with Crippen molar-refractivity contribution >= 4 is 23.9 Å². The molecule has 1 amide bonds. The molecule has 1 saturated carbocycles. The van der Waals surface area contributed by atoms with Crippen molar-refractivity contribution in [3.63, 3.8) is 0 Å². The third kappa shape index (κ3) is 5.57. The number of fused-ring (bicyclic) bond motifs is 1. The van der Waals surface area contributed by atoms with Crippen LogP contribution in [0.1, 0.15) is 64.0 Å². The lowest BCUT2D eigenvalue weighted by molar-refractivity contribution is -0.117. The number of carbonyl (C=O) groups excluding carboxylic acids is 1. The van der Waals surface area contributed by atoms with E-state index in [-0.39, 0.29) is 24.0 Å². The Morgan fingerprint density at radius 2 is 2.17 bits per heavy atom. The van der Waals surface area contributed by atoms with Gasteiger partial charge in [-0.05, 0) is 81.5 Å². The number of aromatic nitrogens is 1. The molecule has 2 atom stereocenters. The molecule has 0 bridgehead atoms. The Morgan fingerprint density at radius 3 is 2.83 bits per heavy atom. The van der Waals surface area contributed by atoms with Gasteiger partial charge < -0.3 is 15.7 Å². The van der Waals surface area contributed by atoms with E-state index in [0.717, 1.165) is 48.0 Å². The summed E-state index contributed by atoms with van der Waals surface area (Å²) in [6, 6.07) is 1.94. The van der Waals surface area contributed by atoms with Crippen molar-refractivity contribution in [1.82, 2.24) is 10.3 Å². The van der Waals surface area contributed by atoms with Crippen molar-refractivity contribution in [1.29, 1.82) is 0 Å². The molecule has 2 unspecified atom stereocenters. The Balaban J connectivity index is 1.84. The number of hydrogen-bond donors (Lipinski definition) is 3. The molecular weight excluding hydrogens is 374 g/mol. The molecule has 0 saturated heterocycles. The molecule has 5 heteroatoms. The molecule has 0 aromatic carbocycles. The summed E-state index contributed by atoms with van der Waals surface area (Å²) < 4.78 is 0. The van der Waals surface area contributed by atoms with Gasteiger partial charge in [-0.1, -0.05) is 25.0 Å². The Kier molecular flexibility index (Phi) is 7.43. The van der Waals surface area contributed by atoms with Crippen LogP contribution in [0.2, 0.25) is 0 Å². The molecule has 3 rings (SSSR count). The Labute approximate surface area is 179 Å². The summed E-state index contributed by atoms with van der Waals surface area (Å²) >= 11 is 0. The fourth-order valence-corrected chi connectivity index (χ4v) is 3.73. The number of nitrogens with one attached hydrogen (secondary N) is 2. The highest BCUT2D eigenvalue weighted by atomic mass is 16.3. The van der Waals surface area contributed by atoms with E-state index < -0.39 is 0 Å². The van der Waals surface area contributed by atoms with Crippen molar-refractivity contribution in [2.45, 2.75) is 65.0 Å². The fourth-order valence-electron chi connectivity index (χ4n) is 3.73. The van der Waals surface area contributed by atoms with E-state index in [1.165, 1.54) is 5.57 Å². The quantitative estimate of drug-likeness (QED) is 0.417. The van der Waals surface area contributed by atoms with E-state index in [0.29, 0.717) is 12.2 Å². The number of aliphatic hydroxyl groups excluding tert-OH is 1. The van der Waals surface area contributed by atoms with Gasteiger partial charge in [0.25, 0.3) is 0 Å². The molecule has 3 N–H and O–H groups in total. The van der Waals surface area contributed by atoms with Gasteiger partial charge >= 0.3 is 0 Å². The predicted octanol–water partition coefficient (Wildman–Crippen LogP) is 4.47. The highest BCUT2D eigenvalue weighted by molar-refractivity contribution is 5.93. The average molecular weight is 408 g/mol. The molecule has 0 aliphatic heterocycles. The van der Waals surface area contributed by atoms with Gasteiger partial charge in [0.2, 0.25) is 5.91 Å². The van der Waals surface area contributed by atoms with E-state index >= 15 is 0 Å². The zero-order valence-corrected chi connectivity index (χ0v) is 18.5. The molecule has 2 aliphatic carbocycles. The van der Waals surface area contributed by atoms with Crippen LogP contribution in [0.3, 0.4) is 0 Å². The number of amides is 1. The Hall–Kier alpha value is -2.46. The van der Waals surface area contributed by atoms with Crippen LogP contribution >= 0.6 is 0 Å². The molecule has 1 heterocycles. The van der Waals surface area contributed by atoms with Crippen molar-refractivity contribution in [3.05, 3.63) is 51.9 Å². The second-order valence-electron chi connectivity index (χ2n) is 8.32. The van der Waals surface area contributed by atoms with Crippen molar-refractivity contribution in [2.75, 3.05) is 12.4 Å². The maximum absolute atomic E-state index is 12.0. The second-order valence-corrected chi connectivity index (χ2v) is 8.32. The van der Waals surface area contributed by atoms with E-state index in [1.54, 1.807) is 0 Å². The van der Waals surface area contributed by atoms with E-state index in [1.807, 2.05) is 25.4 Å². The summed E-state index contributed by atoms with van der Waals surface area (Å²) in [7, 11) is 1.95. The number of nitrogens with zero attached hydrogens (tertiary/aromatic N) is 1. The van der Waals surface area contributed by atoms with E-state index in [4.69, 9.17) is 0 Å². The minimum Gasteiger partial charge on any atom is -0.393 e. The lowest BCUT2D eigenvalue weighted by atomic mass is 9.92. The molecule has 1 fully saturated rings. The molecule has 1 aromatic rings. The topological polar surface area (TPSA) is 74.2 Å². The average Bonchev–Trinajstić information content (AvgIpc) is 3.57. The van der Waals surface area contributed by atoms with Gasteiger partial charge in [0.1, 0.15) is 5.82 Å². The van der Waals surface area contributed by atoms with Gasteiger partial charge in [-0.2, -0.15) is 0 Å². The van der Waals surface area contributed by atoms with Crippen LogP contribution in [-0.4, -0.2) is 35.2 Å². The number of carbonyl (C=O) groups is 1. The first-order valence-electron chi connectivity index (χ1n) is 10.9. The van der Waals surface area contributed by atoms with E-state index in [9.17, 15) is 9.90 Å². The lowest BCUT2D eigenvalue weighted by Gasteiger charge is -2.22. The molecule has 160 valence electrons. The second kappa shape index (κ2) is 10.0. The van der Waals surface area contributed by atoms with Crippen LogP contribution in [-0.2, 0) is 4.79 Å². The number of rotatable bonds is 9. The number of pyridine rings is 1. The number of likely N-dealkylation sites (N-methyl/N-ethyl adjacent to an activating group) is 1. The summed E-state index contributed by atoms with van der Waals surface area (Å²) in [6.45, 7) is 6.24. The molecule has 30 heavy (non-hydrogen) atoms. The zero-order valence-electron chi connectivity index (χ0n) is 18.5. The van der Waals surface area contributed by atoms with Gasteiger partial charge in [-0.25, -0.2) is 4.98 Å². The normalized spacial score (nSPS) is 18.1. The fraction of sp³-hybridized carbons (Fsp3) is 0.480. The summed E-state index contributed by atoms with van der Waals surface area (Å²) in [6.07, 6.45) is 12.1. The van der Waals surface area contributed by atoms with Crippen molar-refractivity contribution < 1.29 is 9.90 Å². The third-order valence-electron chi connectivity index (χ3n) is 5.74. The summed E-state index contributed by atoms with van der Waals surface area (Å²) in [4.78, 5) is 16.5. The summed E-state index contributed by atoms with van der Waals surface area (Å²) in [5, 5.41) is 16.4. The number of aliphatic hydroxyl groups is 1. The largest absolute Gasteiger partial charge is 0.393 e. The summed E-state index contributed by atoms with van der Waals surface area (Å²) in [5.74, 6) is 0.797. The lowest BCUT2D eigenvalue weighted by Crippen LogP contribution is -2.29. The van der Waals surface area contributed by atoms with Gasteiger partial charge in [0.15, 0.2) is 0 Å². The molecular formula is C25H33N3O2. The van der Waals surface area contributed by atoms with Crippen LogP contribution in [0, 0.1) is 5.92 Å². The number of anilines is 1. The molecule has 0 radical (unpaired) electrons. The van der Waals surface area contributed by atoms with Gasteiger partial charge in [0, 0.05) is 17.7 Å². The SMILES string of the molecule is CCCC(O)C/C=C(/C)C(NC)C1=Cc2cnc(NC(=O)C3CC3)cc2C=C=C1C. The van der Waals surface area contributed by atoms with Gasteiger partial charge in [-0.3, -0.25) is 4.79 Å². The van der Waals surface area contributed by atoms with Gasteiger partial charge in [-0.15, -0.1) is 5.73 Å². The van der Waals surface area contributed by atoms with Crippen molar-refractivity contribution in [2.24, 2.45) is 5.92 Å². The standard InChI is InChI=1S/C25H33N3O2/c1-5-6-21(29)12-8-17(3)24(26-4)22-13-20-15-27-23(28-25(30)18-10-11-18)14-19(20)9-7-16(22)2/h8-9,13-15,18,21,24,26,29H,5-6,10-12H2,1-4H3,(H,27,28,30)/b17-8-. The summed E-state index contributed by atoms with van der Waals surface area (Å²) in [5.41, 5.74) is 8.72. The first-order valence-corrected chi connectivity index (χ1v) is 10.9. The Bertz CT molecular complexity index is 918. The first kappa shape index (κ1) is 22.2. The molecule has 2 aliphatic rings. The van der Waals surface area contributed by atoms with E-state index in [2.05, 4.69) is 54.3 Å². The minimum absolute atomic E-state index is 0.0277.